The van der Waals surface area contributed by atoms with E-state index in [1.807, 2.05) is 13.8 Å². The van der Waals surface area contributed by atoms with Gasteiger partial charge in [0.2, 0.25) is 5.79 Å². The molecule has 6 nitrogen and oxygen atoms in total. The Hall–Kier alpha value is -0.240. The van der Waals surface area contributed by atoms with Gasteiger partial charge in [0.05, 0.1) is 13.2 Å². The molecular formula is C10H20O6. The molecule has 1 fully saturated rings. The van der Waals surface area contributed by atoms with Gasteiger partial charge in [0, 0.05) is 0 Å². The molecule has 4 atom stereocenters. The summed E-state index contributed by atoms with van der Waals surface area (Å²) < 4.78 is 10.4. The molecule has 6 heteroatoms. The van der Waals surface area contributed by atoms with Crippen LogP contribution in [0.4, 0.5) is 0 Å². The third kappa shape index (κ3) is 2.71. The largest absolute Gasteiger partial charge is 0.391 e. The molecule has 0 aliphatic carbocycles. The molecule has 4 N–H and O–H groups in total. The van der Waals surface area contributed by atoms with Crippen LogP contribution in [0.3, 0.4) is 0 Å². The zero-order chi connectivity index (χ0) is 12.3. The minimum atomic E-state index is -1.64. The summed E-state index contributed by atoms with van der Waals surface area (Å²) in [4.78, 5) is 0. The average Bonchev–Trinajstić information content (AvgIpc) is 2.26. The molecule has 0 aromatic carbocycles. The van der Waals surface area contributed by atoms with Gasteiger partial charge in [-0.25, -0.2) is 0 Å². The summed E-state index contributed by atoms with van der Waals surface area (Å²) in [5.74, 6) is -1.44. The summed E-state index contributed by atoms with van der Waals surface area (Å²) in [7, 11) is 0. The molecule has 96 valence electrons. The van der Waals surface area contributed by atoms with Crippen molar-refractivity contribution >= 4 is 0 Å². The van der Waals surface area contributed by atoms with Crippen LogP contribution in [0.1, 0.15) is 13.8 Å². The van der Waals surface area contributed by atoms with E-state index in [9.17, 15) is 20.4 Å². The van der Waals surface area contributed by atoms with E-state index in [0.717, 1.165) is 0 Å². The van der Waals surface area contributed by atoms with Crippen molar-refractivity contribution in [3.8, 4) is 0 Å². The lowest BCUT2D eigenvalue weighted by Gasteiger charge is -2.43. The van der Waals surface area contributed by atoms with Gasteiger partial charge in [-0.05, 0) is 5.92 Å². The Bertz CT molecular complexity index is 221. The fourth-order valence-corrected chi connectivity index (χ4v) is 1.50. The van der Waals surface area contributed by atoms with Gasteiger partial charge in [-0.15, -0.1) is 0 Å². The third-order valence-electron chi connectivity index (χ3n) is 2.55. The molecule has 0 aromatic heterocycles. The van der Waals surface area contributed by atoms with Crippen molar-refractivity contribution in [1.82, 2.24) is 0 Å². The monoisotopic (exact) mass is 236 g/mol. The molecular weight excluding hydrogens is 216 g/mol. The minimum absolute atomic E-state index is 0.184. The Morgan fingerprint density at radius 3 is 2.50 bits per heavy atom. The van der Waals surface area contributed by atoms with E-state index in [-0.39, 0.29) is 19.1 Å². The zero-order valence-electron chi connectivity index (χ0n) is 9.54. The first-order valence-electron chi connectivity index (χ1n) is 5.36. The van der Waals surface area contributed by atoms with Crippen LogP contribution >= 0.6 is 0 Å². The average molecular weight is 236 g/mol. The van der Waals surface area contributed by atoms with Gasteiger partial charge in [-0.2, -0.15) is 0 Å². The van der Waals surface area contributed by atoms with Crippen molar-refractivity contribution in [1.29, 1.82) is 0 Å². The predicted molar refractivity (Wildman–Crippen MR) is 54.6 cm³/mol. The second kappa shape index (κ2) is 5.39. The first-order valence-corrected chi connectivity index (χ1v) is 5.36. The molecule has 0 aromatic rings. The Labute approximate surface area is 94.4 Å². The van der Waals surface area contributed by atoms with Gasteiger partial charge in [0.1, 0.15) is 24.9 Å². The summed E-state index contributed by atoms with van der Waals surface area (Å²) in [6, 6.07) is 0. The van der Waals surface area contributed by atoms with Crippen molar-refractivity contribution < 1.29 is 29.9 Å². The van der Waals surface area contributed by atoms with Crippen LogP contribution in [0.2, 0.25) is 0 Å². The first-order chi connectivity index (χ1) is 7.43. The third-order valence-corrected chi connectivity index (χ3v) is 2.55. The van der Waals surface area contributed by atoms with Crippen LogP contribution in [0.15, 0.2) is 0 Å². The van der Waals surface area contributed by atoms with Gasteiger partial charge < -0.3 is 29.9 Å². The fourth-order valence-electron chi connectivity index (χ4n) is 1.50. The zero-order valence-corrected chi connectivity index (χ0v) is 9.54. The highest BCUT2D eigenvalue weighted by Crippen LogP contribution is 2.27. The number of hydrogen-bond donors (Lipinski definition) is 4. The standard InChI is InChI=1S/C10H20O6/c1-6(2)3-15-10(5-11)9(14)8(13)7(12)4-16-10/h6-9,11-14H,3-5H2,1-2H3/t7-,8+,9-,10+/m0/s1. The summed E-state index contributed by atoms with van der Waals surface area (Å²) in [5, 5.41) is 37.8. The molecule has 0 bridgehead atoms. The SMILES string of the molecule is CC(C)CO[C@]1(CO)OC[C@H](O)[C@@H](O)[C@@H]1O. The molecule has 0 saturated carbocycles. The van der Waals surface area contributed by atoms with Crippen LogP contribution in [-0.4, -0.2) is 64.3 Å². The maximum absolute atomic E-state index is 9.75. The molecule has 1 saturated heterocycles. The highest BCUT2D eigenvalue weighted by atomic mass is 16.7. The van der Waals surface area contributed by atoms with E-state index < -0.39 is 30.7 Å². The highest BCUT2D eigenvalue weighted by molar-refractivity contribution is 4.92. The molecule has 1 aliphatic heterocycles. The summed E-state index contributed by atoms with van der Waals surface area (Å²) >= 11 is 0. The van der Waals surface area contributed by atoms with Crippen molar-refractivity contribution in [3.63, 3.8) is 0 Å². The quantitative estimate of drug-likeness (QED) is 0.472. The Balaban J connectivity index is 2.70. The number of hydrogen-bond acceptors (Lipinski definition) is 6. The molecule has 1 aliphatic rings. The first kappa shape index (κ1) is 13.8. The minimum Gasteiger partial charge on any atom is -0.391 e. The lowest BCUT2D eigenvalue weighted by molar-refractivity contribution is -0.350. The lowest BCUT2D eigenvalue weighted by Crippen LogP contribution is -2.64. The second-order valence-electron chi connectivity index (χ2n) is 4.49. The highest BCUT2D eigenvalue weighted by Gasteiger charge is 2.50. The number of aliphatic hydroxyl groups excluding tert-OH is 4. The molecule has 0 radical (unpaired) electrons. The second-order valence-corrected chi connectivity index (χ2v) is 4.49. The van der Waals surface area contributed by atoms with E-state index in [1.54, 1.807) is 0 Å². The molecule has 1 heterocycles. The van der Waals surface area contributed by atoms with E-state index >= 15 is 0 Å². The van der Waals surface area contributed by atoms with E-state index in [0.29, 0.717) is 0 Å². The summed E-state index contributed by atoms with van der Waals surface area (Å²) in [6.45, 7) is 3.33. The number of ether oxygens (including phenoxy) is 2. The smallest absolute Gasteiger partial charge is 0.221 e. The van der Waals surface area contributed by atoms with E-state index in [1.165, 1.54) is 0 Å². The predicted octanol–water partition coefficient (Wildman–Crippen LogP) is -1.54. The van der Waals surface area contributed by atoms with E-state index in [4.69, 9.17) is 9.47 Å². The van der Waals surface area contributed by atoms with Crippen molar-refractivity contribution in [2.75, 3.05) is 19.8 Å². The van der Waals surface area contributed by atoms with Crippen molar-refractivity contribution in [2.24, 2.45) is 5.92 Å². The van der Waals surface area contributed by atoms with Crippen LogP contribution < -0.4 is 0 Å². The molecule has 1 rings (SSSR count). The molecule has 0 spiro atoms. The Morgan fingerprint density at radius 1 is 1.38 bits per heavy atom. The molecule has 0 unspecified atom stereocenters. The number of aliphatic hydroxyl groups is 4. The molecule has 0 amide bonds. The van der Waals surface area contributed by atoms with Crippen LogP contribution in [0.25, 0.3) is 0 Å². The lowest BCUT2D eigenvalue weighted by atomic mass is 9.97. The van der Waals surface area contributed by atoms with Gasteiger partial charge in [-0.3, -0.25) is 0 Å². The maximum atomic E-state index is 9.75. The van der Waals surface area contributed by atoms with Crippen LogP contribution in [0, 0.1) is 5.92 Å². The van der Waals surface area contributed by atoms with Crippen molar-refractivity contribution in [2.45, 2.75) is 37.9 Å². The normalized spacial score (nSPS) is 40.3. The van der Waals surface area contributed by atoms with Crippen molar-refractivity contribution in [3.05, 3.63) is 0 Å². The van der Waals surface area contributed by atoms with Gasteiger partial charge in [0.25, 0.3) is 0 Å². The molecule has 16 heavy (non-hydrogen) atoms. The van der Waals surface area contributed by atoms with E-state index in [2.05, 4.69) is 0 Å². The van der Waals surface area contributed by atoms with Gasteiger partial charge >= 0.3 is 0 Å². The van der Waals surface area contributed by atoms with Gasteiger partial charge in [-0.1, -0.05) is 13.8 Å². The van der Waals surface area contributed by atoms with Crippen LogP contribution in [0.5, 0.6) is 0 Å². The number of rotatable bonds is 4. The Kier molecular flexibility index (Phi) is 4.66. The maximum Gasteiger partial charge on any atom is 0.221 e. The summed E-state index contributed by atoms with van der Waals surface area (Å²) in [5.41, 5.74) is 0. The Morgan fingerprint density at radius 2 is 2.00 bits per heavy atom. The van der Waals surface area contributed by atoms with Crippen LogP contribution in [-0.2, 0) is 9.47 Å². The van der Waals surface area contributed by atoms with Gasteiger partial charge in [0.15, 0.2) is 0 Å². The fraction of sp³-hybridized carbons (Fsp3) is 1.00. The topological polar surface area (TPSA) is 99.4 Å². The summed E-state index contributed by atoms with van der Waals surface area (Å²) in [6.07, 6.45) is -4.02.